The molecule has 102 valence electrons. The van der Waals surface area contributed by atoms with Crippen LogP contribution in [0, 0.1) is 12.8 Å². The molecule has 1 aliphatic carbocycles. The van der Waals surface area contributed by atoms with Crippen LogP contribution >= 0.6 is 0 Å². The van der Waals surface area contributed by atoms with Crippen molar-refractivity contribution in [3.05, 3.63) is 17.5 Å². The zero-order valence-corrected chi connectivity index (χ0v) is 12.2. The molecule has 0 spiro atoms. The molecule has 0 radical (unpaired) electrons. The third-order valence-electron chi connectivity index (χ3n) is 4.36. The zero-order valence-electron chi connectivity index (χ0n) is 12.2. The second-order valence-electron chi connectivity index (χ2n) is 5.87. The molecule has 1 aromatic rings. The minimum absolute atomic E-state index is 0.416. The van der Waals surface area contributed by atoms with Gasteiger partial charge in [-0.25, -0.2) is 0 Å². The van der Waals surface area contributed by atoms with Crippen LogP contribution in [-0.2, 0) is 7.05 Å². The Labute approximate surface area is 111 Å². The van der Waals surface area contributed by atoms with E-state index in [1.165, 1.54) is 37.7 Å². The van der Waals surface area contributed by atoms with Crippen LogP contribution in [0.5, 0.6) is 0 Å². The summed E-state index contributed by atoms with van der Waals surface area (Å²) in [7, 11) is 2.00. The third kappa shape index (κ3) is 3.14. The van der Waals surface area contributed by atoms with E-state index in [9.17, 15) is 0 Å². The molecular weight excluding hydrogens is 222 g/mol. The summed E-state index contributed by atoms with van der Waals surface area (Å²) >= 11 is 0. The predicted molar refractivity (Wildman–Crippen MR) is 75.5 cm³/mol. The molecule has 1 saturated carbocycles. The minimum atomic E-state index is 0.416. The van der Waals surface area contributed by atoms with Crippen molar-refractivity contribution in [2.45, 2.75) is 65.0 Å². The van der Waals surface area contributed by atoms with Crippen LogP contribution in [-0.4, -0.2) is 15.8 Å². The maximum absolute atomic E-state index is 4.43. The molecule has 1 heterocycles. The fraction of sp³-hybridized carbons (Fsp3) is 0.800. The van der Waals surface area contributed by atoms with Gasteiger partial charge < -0.3 is 5.32 Å². The molecule has 3 heteroatoms. The first-order valence-corrected chi connectivity index (χ1v) is 7.36. The molecule has 3 unspecified atom stereocenters. The minimum Gasteiger partial charge on any atom is -0.307 e. The molecule has 0 aliphatic heterocycles. The Bertz CT molecular complexity index is 383. The summed E-state index contributed by atoms with van der Waals surface area (Å²) in [4.78, 5) is 0. The second-order valence-corrected chi connectivity index (χ2v) is 5.87. The van der Waals surface area contributed by atoms with Gasteiger partial charge in [0.25, 0.3) is 0 Å². The van der Waals surface area contributed by atoms with Crippen LogP contribution in [0.1, 0.15) is 63.3 Å². The molecular formula is C15H27N3. The Hall–Kier alpha value is -0.830. The summed E-state index contributed by atoms with van der Waals surface area (Å²) in [6.07, 6.45) is 8.97. The van der Waals surface area contributed by atoms with Gasteiger partial charge in [0.1, 0.15) is 0 Å². The standard InChI is InChI=1S/C15H27N3/c1-5-13-7-6-8-14(9-13)16-11(2)15-10-18(4)17-12(15)3/h10-11,13-14,16H,5-9H2,1-4H3. The average molecular weight is 249 g/mol. The largest absolute Gasteiger partial charge is 0.307 e. The van der Waals surface area contributed by atoms with Crippen LogP contribution < -0.4 is 5.32 Å². The molecule has 1 aliphatic rings. The Morgan fingerprint density at radius 1 is 1.50 bits per heavy atom. The maximum Gasteiger partial charge on any atom is 0.0641 e. The van der Waals surface area contributed by atoms with Gasteiger partial charge in [0.15, 0.2) is 0 Å². The lowest BCUT2D eigenvalue weighted by Gasteiger charge is -2.31. The van der Waals surface area contributed by atoms with E-state index in [4.69, 9.17) is 0 Å². The SMILES string of the molecule is CCC1CCCC(NC(C)c2cn(C)nc2C)C1. The maximum atomic E-state index is 4.43. The molecule has 1 aromatic heterocycles. The number of hydrogen-bond donors (Lipinski definition) is 1. The first-order valence-electron chi connectivity index (χ1n) is 7.36. The Morgan fingerprint density at radius 3 is 2.89 bits per heavy atom. The van der Waals surface area contributed by atoms with Crippen LogP contribution in [0.3, 0.4) is 0 Å². The molecule has 0 amide bonds. The van der Waals surface area contributed by atoms with Gasteiger partial charge in [-0.05, 0) is 32.6 Å². The lowest BCUT2D eigenvalue weighted by atomic mass is 9.84. The highest BCUT2D eigenvalue weighted by molar-refractivity contribution is 5.19. The number of hydrogen-bond acceptors (Lipinski definition) is 2. The van der Waals surface area contributed by atoms with E-state index in [0.717, 1.165) is 11.6 Å². The van der Waals surface area contributed by atoms with Crippen molar-refractivity contribution in [3.63, 3.8) is 0 Å². The molecule has 3 nitrogen and oxygen atoms in total. The van der Waals surface area contributed by atoms with E-state index in [1.54, 1.807) is 0 Å². The quantitative estimate of drug-likeness (QED) is 0.887. The van der Waals surface area contributed by atoms with E-state index in [2.05, 4.69) is 37.4 Å². The van der Waals surface area contributed by atoms with Crippen LogP contribution in [0.4, 0.5) is 0 Å². The van der Waals surface area contributed by atoms with Gasteiger partial charge in [-0.3, -0.25) is 4.68 Å². The van der Waals surface area contributed by atoms with Gasteiger partial charge >= 0.3 is 0 Å². The summed E-state index contributed by atoms with van der Waals surface area (Å²) in [6, 6.07) is 1.11. The molecule has 0 saturated heterocycles. The van der Waals surface area contributed by atoms with E-state index < -0.39 is 0 Å². The van der Waals surface area contributed by atoms with Crippen molar-refractivity contribution in [2.75, 3.05) is 0 Å². The number of rotatable bonds is 4. The Balaban J connectivity index is 1.94. The smallest absolute Gasteiger partial charge is 0.0641 e. The number of aromatic nitrogens is 2. The zero-order chi connectivity index (χ0) is 13.1. The summed E-state index contributed by atoms with van der Waals surface area (Å²) in [5.41, 5.74) is 2.50. The highest BCUT2D eigenvalue weighted by Crippen LogP contribution is 2.28. The predicted octanol–water partition coefficient (Wildman–Crippen LogP) is 3.35. The highest BCUT2D eigenvalue weighted by Gasteiger charge is 2.23. The lowest BCUT2D eigenvalue weighted by Crippen LogP contribution is -2.35. The van der Waals surface area contributed by atoms with E-state index >= 15 is 0 Å². The number of nitrogens with zero attached hydrogens (tertiary/aromatic N) is 2. The summed E-state index contributed by atoms with van der Waals surface area (Å²) in [5.74, 6) is 0.929. The normalized spacial score (nSPS) is 26.2. The molecule has 1 N–H and O–H groups in total. The fourth-order valence-electron chi connectivity index (χ4n) is 3.30. The van der Waals surface area contributed by atoms with Gasteiger partial charge in [-0.15, -0.1) is 0 Å². The van der Waals surface area contributed by atoms with Gasteiger partial charge in [0.2, 0.25) is 0 Å². The van der Waals surface area contributed by atoms with Gasteiger partial charge in [0, 0.05) is 30.9 Å². The first kappa shape index (κ1) is 13.6. The van der Waals surface area contributed by atoms with Crippen molar-refractivity contribution >= 4 is 0 Å². The fourth-order valence-corrected chi connectivity index (χ4v) is 3.30. The molecule has 18 heavy (non-hydrogen) atoms. The van der Waals surface area contributed by atoms with Gasteiger partial charge in [-0.1, -0.05) is 26.2 Å². The summed E-state index contributed by atoms with van der Waals surface area (Å²) < 4.78 is 1.92. The second kappa shape index (κ2) is 5.87. The molecule has 3 atom stereocenters. The molecule has 0 aromatic carbocycles. The average Bonchev–Trinajstić information content (AvgIpc) is 2.69. The monoisotopic (exact) mass is 249 g/mol. The third-order valence-corrected chi connectivity index (χ3v) is 4.36. The van der Waals surface area contributed by atoms with Crippen LogP contribution in [0.15, 0.2) is 6.20 Å². The topological polar surface area (TPSA) is 29.9 Å². The van der Waals surface area contributed by atoms with Crippen molar-refractivity contribution in [1.82, 2.24) is 15.1 Å². The van der Waals surface area contributed by atoms with E-state index in [1.807, 2.05) is 11.7 Å². The highest BCUT2D eigenvalue weighted by atomic mass is 15.3. The lowest BCUT2D eigenvalue weighted by molar-refractivity contribution is 0.266. The molecule has 0 bridgehead atoms. The number of aryl methyl sites for hydroxylation is 2. The van der Waals surface area contributed by atoms with Crippen molar-refractivity contribution < 1.29 is 0 Å². The van der Waals surface area contributed by atoms with Crippen molar-refractivity contribution in [3.8, 4) is 0 Å². The Kier molecular flexibility index (Phi) is 4.44. The van der Waals surface area contributed by atoms with Crippen LogP contribution in [0.25, 0.3) is 0 Å². The van der Waals surface area contributed by atoms with E-state index in [-0.39, 0.29) is 0 Å². The van der Waals surface area contributed by atoms with Crippen molar-refractivity contribution in [2.24, 2.45) is 13.0 Å². The number of nitrogens with one attached hydrogen (secondary N) is 1. The van der Waals surface area contributed by atoms with Gasteiger partial charge in [-0.2, -0.15) is 5.10 Å². The van der Waals surface area contributed by atoms with Gasteiger partial charge in [0.05, 0.1) is 5.69 Å². The summed E-state index contributed by atoms with van der Waals surface area (Å²) in [5, 5.41) is 8.23. The molecule has 2 rings (SSSR count). The Morgan fingerprint density at radius 2 is 2.28 bits per heavy atom. The first-order chi connectivity index (χ1) is 8.60. The van der Waals surface area contributed by atoms with Crippen LogP contribution in [0.2, 0.25) is 0 Å². The van der Waals surface area contributed by atoms with Crippen molar-refractivity contribution in [1.29, 1.82) is 0 Å². The van der Waals surface area contributed by atoms with E-state index in [0.29, 0.717) is 12.1 Å². The molecule has 1 fully saturated rings. The summed E-state index contributed by atoms with van der Waals surface area (Å²) in [6.45, 7) is 6.69.